The summed E-state index contributed by atoms with van der Waals surface area (Å²) in [4.78, 5) is 14.0. The number of hydrogen-bond donors (Lipinski definition) is 1. The van der Waals surface area contributed by atoms with Gasteiger partial charge in [-0.2, -0.15) is 0 Å². The van der Waals surface area contributed by atoms with Crippen molar-refractivity contribution in [1.29, 1.82) is 0 Å². The van der Waals surface area contributed by atoms with Gasteiger partial charge >= 0.3 is 0 Å². The summed E-state index contributed by atoms with van der Waals surface area (Å²) in [6.45, 7) is 1.79. The van der Waals surface area contributed by atoms with E-state index in [9.17, 15) is 9.18 Å². The molecule has 1 atom stereocenters. The summed E-state index contributed by atoms with van der Waals surface area (Å²) in [5, 5.41) is 0. The lowest BCUT2D eigenvalue weighted by Crippen LogP contribution is -2.30. The van der Waals surface area contributed by atoms with Gasteiger partial charge in [-0.1, -0.05) is 34.1 Å². The van der Waals surface area contributed by atoms with Crippen molar-refractivity contribution in [2.45, 2.75) is 13.0 Å². The molecule has 0 heterocycles. The number of carbonyl (C=O) groups is 1. The molecule has 5 heteroatoms. The largest absolute Gasteiger partial charge is 0.399 e. The minimum atomic E-state index is -0.376. The van der Waals surface area contributed by atoms with Crippen molar-refractivity contribution < 1.29 is 9.18 Å². The standard InChI is InChI=1S/C16H16BrFN2O/c1-10(14-5-3-4-6-15(14)18)20(2)16(21)11-7-12(17)9-13(19)8-11/h3-10H,19H2,1-2H3. The van der Waals surface area contributed by atoms with E-state index in [4.69, 9.17) is 5.73 Å². The van der Waals surface area contributed by atoms with Crippen LogP contribution in [0.2, 0.25) is 0 Å². The van der Waals surface area contributed by atoms with E-state index in [1.165, 1.54) is 11.0 Å². The highest BCUT2D eigenvalue weighted by atomic mass is 79.9. The number of nitrogens with zero attached hydrogens (tertiary/aromatic N) is 1. The molecule has 3 nitrogen and oxygen atoms in total. The predicted molar refractivity (Wildman–Crippen MR) is 85.5 cm³/mol. The number of amides is 1. The first-order chi connectivity index (χ1) is 9.90. The molecule has 110 valence electrons. The summed E-state index contributed by atoms with van der Waals surface area (Å²) < 4.78 is 14.6. The molecule has 0 aliphatic rings. The Morgan fingerprint density at radius 2 is 1.95 bits per heavy atom. The second-order valence-corrected chi connectivity index (χ2v) is 5.80. The number of nitrogen functional groups attached to an aromatic ring is 1. The summed E-state index contributed by atoms with van der Waals surface area (Å²) in [5.41, 5.74) is 7.20. The lowest BCUT2D eigenvalue weighted by atomic mass is 10.1. The van der Waals surface area contributed by atoms with Crippen LogP contribution in [0.25, 0.3) is 0 Å². The van der Waals surface area contributed by atoms with Gasteiger partial charge in [-0.25, -0.2) is 4.39 Å². The summed E-state index contributed by atoms with van der Waals surface area (Å²) in [6, 6.07) is 11.1. The molecular weight excluding hydrogens is 335 g/mol. The van der Waals surface area contributed by atoms with E-state index in [1.807, 2.05) is 0 Å². The summed E-state index contributed by atoms with van der Waals surface area (Å²) in [6.07, 6.45) is 0. The highest BCUT2D eigenvalue weighted by molar-refractivity contribution is 9.10. The highest BCUT2D eigenvalue weighted by Crippen LogP contribution is 2.25. The maximum atomic E-state index is 13.8. The molecule has 0 aromatic heterocycles. The molecule has 2 rings (SSSR count). The molecular formula is C16H16BrFN2O. The normalized spacial score (nSPS) is 12.0. The Morgan fingerprint density at radius 1 is 1.29 bits per heavy atom. The molecule has 2 aromatic rings. The Bertz CT molecular complexity index is 655. The fraction of sp³-hybridized carbons (Fsp3) is 0.188. The molecule has 0 saturated heterocycles. The molecule has 21 heavy (non-hydrogen) atoms. The molecule has 0 bridgehead atoms. The van der Waals surface area contributed by atoms with E-state index in [2.05, 4.69) is 15.9 Å². The lowest BCUT2D eigenvalue weighted by molar-refractivity contribution is 0.0740. The van der Waals surface area contributed by atoms with Crippen molar-refractivity contribution in [3.63, 3.8) is 0 Å². The SMILES string of the molecule is CC(c1ccccc1F)N(C)C(=O)c1cc(N)cc(Br)c1. The van der Waals surface area contributed by atoms with Gasteiger partial charge in [-0.05, 0) is 31.2 Å². The van der Waals surface area contributed by atoms with Crippen LogP contribution in [-0.4, -0.2) is 17.9 Å². The number of benzene rings is 2. The first-order valence-electron chi connectivity index (χ1n) is 6.48. The van der Waals surface area contributed by atoms with Crippen LogP contribution in [0, 0.1) is 5.82 Å². The van der Waals surface area contributed by atoms with E-state index in [0.29, 0.717) is 16.8 Å². The fourth-order valence-electron chi connectivity index (χ4n) is 2.14. The van der Waals surface area contributed by atoms with Gasteiger partial charge in [0, 0.05) is 28.3 Å². The second kappa shape index (κ2) is 6.26. The summed E-state index contributed by atoms with van der Waals surface area (Å²) in [5.74, 6) is -0.530. The van der Waals surface area contributed by atoms with Crippen molar-refractivity contribution in [2.24, 2.45) is 0 Å². The fourth-order valence-corrected chi connectivity index (χ4v) is 2.65. The number of halogens is 2. The van der Waals surface area contributed by atoms with Gasteiger partial charge in [0.15, 0.2) is 0 Å². The van der Waals surface area contributed by atoms with Crippen LogP contribution in [0.4, 0.5) is 10.1 Å². The average molecular weight is 351 g/mol. The maximum absolute atomic E-state index is 13.8. The second-order valence-electron chi connectivity index (χ2n) is 4.89. The molecule has 0 aliphatic heterocycles. The van der Waals surface area contributed by atoms with Gasteiger partial charge < -0.3 is 10.6 Å². The monoisotopic (exact) mass is 350 g/mol. The first kappa shape index (κ1) is 15.5. The van der Waals surface area contributed by atoms with Gasteiger partial charge in [0.25, 0.3) is 5.91 Å². The van der Waals surface area contributed by atoms with E-state index in [-0.39, 0.29) is 17.8 Å². The van der Waals surface area contributed by atoms with Crippen molar-refractivity contribution in [3.05, 3.63) is 63.9 Å². The first-order valence-corrected chi connectivity index (χ1v) is 7.27. The molecule has 1 unspecified atom stereocenters. The van der Waals surface area contributed by atoms with Crippen molar-refractivity contribution >= 4 is 27.5 Å². The van der Waals surface area contributed by atoms with E-state index < -0.39 is 0 Å². The molecule has 0 saturated carbocycles. The van der Waals surface area contributed by atoms with Gasteiger partial charge in [0.05, 0.1) is 6.04 Å². The van der Waals surface area contributed by atoms with Crippen LogP contribution in [-0.2, 0) is 0 Å². The number of anilines is 1. The Kier molecular flexibility index (Phi) is 4.63. The van der Waals surface area contributed by atoms with Crippen LogP contribution in [0.5, 0.6) is 0 Å². The Balaban J connectivity index is 2.28. The van der Waals surface area contributed by atoms with Gasteiger partial charge in [-0.3, -0.25) is 4.79 Å². The zero-order valence-corrected chi connectivity index (χ0v) is 13.4. The third-order valence-corrected chi connectivity index (χ3v) is 3.88. The molecule has 0 spiro atoms. The molecule has 2 N–H and O–H groups in total. The van der Waals surface area contributed by atoms with Crippen LogP contribution < -0.4 is 5.73 Å². The molecule has 0 fully saturated rings. The average Bonchev–Trinajstić information content (AvgIpc) is 2.44. The van der Waals surface area contributed by atoms with Gasteiger partial charge in [-0.15, -0.1) is 0 Å². The third-order valence-electron chi connectivity index (χ3n) is 3.42. The number of carbonyl (C=O) groups excluding carboxylic acids is 1. The minimum Gasteiger partial charge on any atom is -0.399 e. The van der Waals surface area contributed by atoms with Crippen molar-refractivity contribution in [1.82, 2.24) is 4.90 Å². The maximum Gasteiger partial charge on any atom is 0.254 e. The molecule has 0 radical (unpaired) electrons. The predicted octanol–water partition coefficient (Wildman–Crippen LogP) is 4.00. The molecule has 0 aliphatic carbocycles. The number of rotatable bonds is 3. The smallest absolute Gasteiger partial charge is 0.254 e. The lowest BCUT2D eigenvalue weighted by Gasteiger charge is -2.26. The van der Waals surface area contributed by atoms with Crippen LogP contribution in [0.3, 0.4) is 0 Å². The van der Waals surface area contributed by atoms with Gasteiger partial charge in [0.2, 0.25) is 0 Å². The Labute approximate surface area is 131 Å². The third kappa shape index (κ3) is 3.42. The molecule has 2 aromatic carbocycles. The Morgan fingerprint density at radius 3 is 2.57 bits per heavy atom. The summed E-state index contributed by atoms with van der Waals surface area (Å²) in [7, 11) is 1.65. The zero-order valence-electron chi connectivity index (χ0n) is 11.8. The van der Waals surface area contributed by atoms with E-state index in [0.717, 1.165) is 4.47 Å². The van der Waals surface area contributed by atoms with Crippen LogP contribution in [0.15, 0.2) is 46.9 Å². The van der Waals surface area contributed by atoms with Crippen LogP contribution in [0.1, 0.15) is 28.9 Å². The molecule has 1 amide bonds. The number of nitrogens with two attached hydrogens (primary N) is 1. The highest BCUT2D eigenvalue weighted by Gasteiger charge is 2.21. The van der Waals surface area contributed by atoms with Gasteiger partial charge in [0.1, 0.15) is 5.82 Å². The minimum absolute atomic E-state index is 0.209. The zero-order chi connectivity index (χ0) is 15.6. The summed E-state index contributed by atoms with van der Waals surface area (Å²) >= 11 is 3.31. The quantitative estimate of drug-likeness (QED) is 0.850. The van der Waals surface area contributed by atoms with Crippen LogP contribution >= 0.6 is 15.9 Å². The topological polar surface area (TPSA) is 46.3 Å². The Hall–Kier alpha value is -1.88. The van der Waals surface area contributed by atoms with Crippen molar-refractivity contribution in [3.8, 4) is 0 Å². The van der Waals surface area contributed by atoms with E-state index >= 15 is 0 Å². The number of hydrogen-bond acceptors (Lipinski definition) is 2. The van der Waals surface area contributed by atoms with E-state index in [1.54, 1.807) is 50.4 Å². The van der Waals surface area contributed by atoms with Crippen molar-refractivity contribution in [2.75, 3.05) is 12.8 Å².